The van der Waals surface area contributed by atoms with Gasteiger partial charge in [-0.05, 0) is 47.7 Å². The fourth-order valence-corrected chi connectivity index (χ4v) is 4.52. The van der Waals surface area contributed by atoms with E-state index in [2.05, 4.69) is 6.92 Å². The zero-order chi connectivity index (χ0) is 26.0. The number of carbonyl (C=O) groups excluding carboxylic acids is 2. The van der Waals surface area contributed by atoms with Crippen LogP contribution in [-0.2, 0) is 16.0 Å². The molecule has 37 heavy (non-hydrogen) atoms. The molecule has 3 aromatic rings. The molecule has 5 nitrogen and oxygen atoms in total. The summed E-state index contributed by atoms with van der Waals surface area (Å²) in [5, 5.41) is 10.9. The highest BCUT2D eigenvalue weighted by molar-refractivity contribution is 6.14. The minimum Gasteiger partial charge on any atom is -0.503 e. The number of rotatable bonds is 12. The number of benzene rings is 3. The van der Waals surface area contributed by atoms with Crippen LogP contribution in [0.4, 0.5) is 0 Å². The van der Waals surface area contributed by atoms with Crippen LogP contribution in [0, 0.1) is 0 Å². The maximum Gasteiger partial charge on any atom is 0.290 e. The first-order valence-electron chi connectivity index (χ1n) is 12.9. The number of unbranched alkanes of at least 4 members (excludes halogenated alkanes) is 2. The lowest BCUT2D eigenvalue weighted by Gasteiger charge is -2.27. The van der Waals surface area contributed by atoms with Gasteiger partial charge in [-0.15, -0.1) is 0 Å². The summed E-state index contributed by atoms with van der Waals surface area (Å²) in [5.74, 6) is -0.736. The van der Waals surface area contributed by atoms with Crippen LogP contribution in [0.5, 0.6) is 5.75 Å². The van der Waals surface area contributed by atoms with Crippen molar-refractivity contribution < 1.29 is 19.4 Å². The molecule has 4 rings (SSSR count). The van der Waals surface area contributed by atoms with Gasteiger partial charge < -0.3 is 14.7 Å². The van der Waals surface area contributed by atoms with Crippen LogP contribution in [0.3, 0.4) is 0 Å². The van der Waals surface area contributed by atoms with Crippen LogP contribution in [0.15, 0.2) is 102 Å². The van der Waals surface area contributed by atoms with Gasteiger partial charge in [-0.2, -0.15) is 0 Å². The monoisotopic (exact) mass is 495 g/mol. The number of hydrogen-bond donors (Lipinski definition) is 1. The summed E-state index contributed by atoms with van der Waals surface area (Å²) < 4.78 is 5.95. The molecule has 1 aliphatic rings. The molecule has 5 heteroatoms. The molecule has 1 aliphatic heterocycles. The number of ketones is 1. The zero-order valence-electron chi connectivity index (χ0n) is 21.2. The van der Waals surface area contributed by atoms with Crippen molar-refractivity contribution >= 4 is 17.8 Å². The number of aliphatic hydroxyl groups excluding tert-OH is 1. The molecule has 1 N–H and O–H groups in total. The van der Waals surface area contributed by atoms with E-state index in [1.807, 2.05) is 84.9 Å². The molecule has 1 heterocycles. The van der Waals surface area contributed by atoms with Gasteiger partial charge >= 0.3 is 0 Å². The van der Waals surface area contributed by atoms with E-state index in [-0.39, 0.29) is 5.57 Å². The van der Waals surface area contributed by atoms with Crippen molar-refractivity contribution in [2.75, 3.05) is 13.2 Å². The van der Waals surface area contributed by atoms with Crippen molar-refractivity contribution in [2.45, 2.75) is 38.6 Å². The fraction of sp³-hybridized carbons (Fsp3) is 0.250. The lowest BCUT2D eigenvalue weighted by molar-refractivity contribution is -0.129. The van der Waals surface area contributed by atoms with E-state index < -0.39 is 23.5 Å². The SMILES string of the molecule is CCCCCOc1cccc(C2C(C(=O)/C=C/c3ccccc3)=C(O)C(=O)N2CCc2ccccc2)c1. The standard InChI is InChI=1S/C32H33NO4/c1-2-3-10-22-37-27-17-11-16-26(23-27)30-29(28(34)19-18-24-12-6-4-7-13-24)31(35)32(36)33(30)21-20-25-14-8-5-9-15-25/h4-9,11-19,23,30,35H,2-3,10,20-22H2,1H3/b19-18+. The molecule has 3 aromatic carbocycles. The second-order valence-electron chi connectivity index (χ2n) is 9.14. The molecule has 0 aromatic heterocycles. The van der Waals surface area contributed by atoms with Gasteiger partial charge in [-0.25, -0.2) is 0 Å². The molecule has 0 saturated heterocycles. The summed E-state index contributed by atoms with van der Waals surface area (Å²) in [6.07, 6.45) is 6.88. The van der Waals surface area contributed by atoms with Gasteiger partial charge in [0, 0.05) is 6.54 Å². The van der Waals surface area contributed by atoms with E-state index in [0.717, 1.165) is 36.0 Å². The highest BCUT2D eigenvalue weighted by atomic mass is 16.5. The predicted octanol–water partition coefficient (Wildman–Crippen LogP) is 6.48. The Labute approximate surface area is 218 Å². The topological polar surface area (TPSA) is 66.8 Å². The van der Waals surface area contributed by atoms with Crippen LogP contribution < -0.4 is 4.74 Å². The van der Waals surface area contributed by atoms with E-state index in [1.54, 1.807) is 11.0 Å². The minimum atomic E-state index is -0.705. The van der Waals surface area contributed by atoms with E-state index in [1.165, 1.54) is 6.08 Å². The van der Waals surface area contributed by atoms with Gasteiger partial charge in [0.1, 0.15) is 5.75 Å². The third kappa shape index (κ3) is 6.56. The van der Waals surface area contributed by atoms with Gasteiger partial charge in [-0.1, -0.05) is 98.6 Å². The minimum absolute atomic E-state index is 0.0911. The van der Waals surface area contributed by atoms with Crippen molar-refractivity contribution in [1.82, 2.24) is 4.90 Å². The molecule has 1 atom stereocenters. The predicted molar refractivity (Wildman–Crippen MR) is 146 cm³/mol. The summed E-state index contributed by atoms with van der Waals surface area (Å²) in [4.78, 5) is 28.2. The van der Waals surface area contributed by atoms with Gasteiger partial charge in [0.25, 0.3) is 5.91 Å². The quantitative estimate of drug-likeness (QED) is 0.231. The average Bonchev–Trinajstić information content (AvgIpc) is 3.19. The number of allylic oxidation sites excluding steroid dienone is 1. The number of ether oxygens (including phenoxy) is 1. The van der Waals surface area contributed by atoms with E-state index >= 15 is 0 Å². The normalized spacial score (nSPS) is 15.5. The smallest absolute Gasteiger partial charge is 0.290 e. The first-order valence-corrected chi connectivity index (χ1v) is 12.9. The van der Waals surface area contributed by atoms with Gasteiger partial charge in [0.2, 0.25) is 0 Å². The van der Waals surface area contributed by atoms with Crippen LogP contribution in [0.2, 0.25) is 0 Å². The van der Waals surface area contributed by atoms with Crippen molar-refractivity contribution in [3.63, 3.8) is 0 Å². The van der Waals surface area contributed by atoms with Gasteiger partial charge in [0.15, 0.2) is 11.5 Å². The number of hydrogen-bond acceptors (Lipinski definition) is 4. The van der Waals surface area contributed by atoms with Gasteiger partial charge in [-0.3, -0.25) is 9.59 Å². The zero-order valence-corrected chi connectivity index (χ0v) is 21.2. The Morgan fingerprint density at radius 2 is 1.70 bits per heavy atom. The van der Waals surface area contributed by atoms with Crippen LogP contribution in [0.1, 0.15) is 48.9 Å². The number of aliphatic hydroxyl groups is 1. The summed E-state index contributed by atoms with van der Waals surface area (Å²) >= 11 is 0. The fourth-order valence-electron chi connectivity index (χ4n) is 4.52. The molecule has 0 radical (unpaired) electrons. The summed E-state index contributed by atoms with van der Waals surface area (Å²) in [6.45, 7) is 3.11. The first-order chi connectivity index (χ1) is 18.1. The highest BCUT2D eigenvalue weighted by Crippen LogP contribution is 2.39. The summed E-state index contributed by atoms with van der Waals surface area (Å²) in [7, 11) is 0. The van der Waals surface area contributed by atoms with Crippen molar-refractivity contribution in [3.8, 4) is 5.75 Å². The Morgan fingerprint density at radius 1 is 0.973 bits per heavy atom. The highest BCUT2D eigenvalue weighted by Gasteiger charge is 2.42. The van der Waals surface area contributed by atoms with Crippen LogP contribution in [0.25, 0.3) is 6.08 Å². The molecule has 0 spiro atoms. The number of amides is 1. The largest absolute Gasteiger partial charge is 0.503 e. The van der Waals surface area contributed by atoms with E-state index in [4.69, 9.17) is 4.74 Å². The lowest BCUT2D eigenvalue weighted by atomic mass is 9.95. The maximum absolute atomic E-state index is 13.4. The molecule has 1 unspecified atom stereocenters. The third-order valence-electron chi connectivity index (χ3n) is 6.47. The molecule has 1 amide bonds. The van der Waals surface area contributed by atoms with E-state index in [0.29, 0.717) is 25.3 Å². The second kappa shape index (κ2) is 12.7. The molecular formula is C32H33NO4. The molecule has 0 aliphatic carbocycles. The Hall–Kier alpha value is -4.12. The molecule has 0 fully saturated rings. The molecular weight excluding hydrogens is 462 g/mol. The maximum atomic E-state index is 13.4. The first kappa shape index (κ1) is 26.0. The Morgan fingerprint density at radius 3 is 2.43 bits per heavy atom. The van der Waals surface area contributed by atoms with Crippen LogP contribution in [-0.4, -0.2) is 34.8 Å². The lowest BCUT2D eigenvalue weighted by Crippen LogP contribution is -2.33. The molecule has 0 bridgehead atoms. The molecule has 190 valence electrons. The third-order valence-corrected chi connectivity index (χ3v) is 6.47. The summed E-state index contributed by atoms with van der Waals surface area (Å²) in [5.41, 5.74) is 2.76. The Balaban J connectivity index is 1.64. The summed E-state index contributed by atoms with van der Waals surface area (Å²) in [6, 6.07) is 26.1. The second-order valence-corrected chi connectivity index (χ2v) is 9.14. The number of nitrogens with zero attached hydrogens (tertiary/aromatic N) is 1. The Bertz CT molecular complexity index is 1260. The molecule has 0 saturated carbocycles. The average molecular weight is 496 g/mol. The van der Waals surface area contributed by atoms with Crippen molar-refractivity contribution in [3.05, 3.63) is 119 Å². The van der Waals surface area contributed by atoms with Crippen molar-refractivity contribution in [2.24, 2.45) is 0 Å². The Kier molecular flexibility index (Phi) is 8.93. The number of carbonyl (C=O) groups is 2. The van der Waals surface area contributed by atoms with E-state index in [9.17, 15) is 14.7 Å². The van der Waals surface area contributed by atoms with Crippen molar-refractivity contribution in [1.29, 1.82) is 0 Å². The van der Waals surface area contributed by atoms with Crippen LogP contribution >= 0.6 is 0 Å². The van der Waals surface area contributed by atoms with Gasteiger partial charge in [0.05, 0.1) is 18.2 Å².